The molecule has 2 aromatic heterocycles. The van der Waals surface area contributed by atoms with Crippen molar-refractivity contribution in [1.29, 1.82) is 0 Å². The molecule has 1 saturated heterocycles. The summed E-state index contributed by atoms with van der Waals surface area (Å²) in [6, 6.07) is 6.08. The van der Waals surface area contributed by atoms with Crippen LogP contribution in [0.5, 0.6) is 0 Å². The fourth-order valence-corrected chi connectivity index (χ4v) is 3.74. The van der Waals surface area contributed by atoms with Crippen molar-refractivity contribution in [3.63, 3.8) is 0 Å². The predicted octanol–water partition coefficient (Wildman–Crippen LogP) is 2.95. The Labute approximate surface area is 166 Å². The van der Waals surface area contributed by atoms with Crippen LogP contribution < -0.4 is 15.5 Å². The van der Waals surface area contributed by atoms with E-state index in [2.05, 4.69) is 30.5 Å². The molecule has 3 aromatic rings. The molecule has 9 heteroatoms. The number of amides is 1. The fraction of sp³-hybridized carbons (Fsp3) is 0.316. The Hall–Kier alpha value is -2.87. The molecule has 4 rings (SSSR count). The number of carbonyl (C=O) groups is 1. The number of nitrogens with zero attached hydrogens (tertiary/aromatic N) is 3. The van der Waals surface area contributed by atoms with Gasteiger partial charge in [-0.15, -0.1) is 0 Å². The number of benzene rings is 1. The van der Waals surface area contributed by atoms with Gasteiger partial charge in [0.15, 0.2) is 0 Å². The molecule has 0 aliphatic carbocycles. The molecule has 28 heavy (non-hydrogen) atoms. The molecule has 146 valence electrons. The summed E-state index contributed by atoms with van der Waals surface area (Å²) in [5, 5.41) is 7.20. The minimum atomic E-state index is -0.445. The van der Waals surface area contributed by atoms with Crippen molar-refractivity contribution in [1.82, 2.24) is 20.3 Å². The highest BCUT2D eigenvalue weighted by atomic mass is 35.5. The number of nitrogens with one attached hydrogen (secondary N) is 3. The molecule has 1 aromatic carbocycles. The summed E-state index contributed by atoms with van der Waals surface area (Å²) in [5.41, 5.74) is 1.27. The van der Waals surface area contributed by atoms with E-state index in [1.165, 1.54) is 12.1 Å². The van der Waals surface area contributed by atoms with Gasteiger partial charge in [0.25, 0.3) is 0 Å². The van der Waals surface area contributed by atoms with Gasteiger partial charge in [0, 0.05) is 36.0 Å². The molecule has 0 saturated carbocycles. The van der Waals surface area contributed by atoms with Crippen molar-refractivity contribution >= 4 is 40.0 Å². The highest BCUT2D eigenvalue weighted by molar-refractivity contribution is 6.30. The number of hydrogen-bond acceptors (Lipinski definition) is 5. The topological polar surface area (TPSA) is 85.9 Å². The zero-order valence-electron chi connectivity index (χ0n) is 15.1. The van der Waals surface area contributed by atoms with E-state index in [1.807, 2.05) is 12.3 Å². The van der Waals surface area contributed by atoms with Gasteiger partial charge in [-0.2, -0.15) is 0 Å². The summed E-state index contributed by atoms with van der Waals surface area (Å²) in [6.45, 7) is 1.60. The Morgan fingerprint density at radius 2 is 2.25 bits per heavy atom. The van der Waals surface area contributed by atoms with E-state index in [0.717, 1.165) is 36.2 Å². The first kappa shape index (κ1) is 18.5. The van der Waals surface area contributed by atoms with Crippen LogP contribution in [0.1, 0.15) is 12.8 Å². The first-order valence-corrected chi connectivity index (χ1v) is 9.48. The molecule has 0 unspecified atom stereocenters. The maximum Gasteiger partial charge on any atom is 0.239 e. The van der Waals surface area contributed by atoms with Crippen molar-refractivity contribution in [2.45, 2.75) is 18.9 Å². The Balaban J connectivity index is 1.36. The van der Waals surface area contributed by atoms with Gasteiger partial charge in [-0.25, -0.2) is 14.4 Å². The lowest BCUT2D eigenvalue weighted by Crippen LogP contribution is -2.49. The van der Waals surface area contributed by atoms with Gasteiger partial charge in [0.2, 0.25) is 5.91 Å². The largest absolute Gasteiger partial charge is 0.376 e. The molecule has 1 aliphatic heterocycles. The molecule has 3 N–H and O–H groups in total. The van der Waals surface area contributed by atoms with E-state index >= 15 is 0 Å². The number of halogens is 2. The van der Waals surface area contributed by atoms with Crippen LogP contribution in [-0.2, 0) is 4.79 Å². The molecule has 0 spiro atoms. The first-order chi connectivity index (χ1) is 13.6. The molecular weight excluding hydrogens is 383 g/mol. The molecule has 0 bridgehead atoms. The summed E-state index contributed by atoms with van der Waals surface area (Å²) in [7, 11) is 0. The Morgan fingerprint density at radius 1 is 1.36 bits per heavy atom. The number of aromatic nitrogens is 3. The third-order valence-electron chi connectivity index (χ3n) is 4.73. The lowest BCUT2D eigenvalue weighted by atomic mass is 10.1. The molecular formula is C19H20ClFN6O. The average molecular weight is 403 g/mol. The van der Waals surface area contributed by atoms with E-state index < -0.39 is 5.82 Å². The van der Waals surface area contributed by atoms with E-state index in [1.54, 1.807) is 12.4 Å². The number of H-pyrrole nitrogens is 1. The van der Waals surface area contributed by atoms with Gasteiger partial charge in [-0.1, -0.05) is 11.6 Å². The smallest absolute Gasteiger partial charge is 0.239 e. The minimum absolute atomic E-state index is 0.0168. The number of rotatable bonds is 5. The van der Waals surface area contributed by atoms with Crippen LogP contribution in [-0.4, -0.2) is 46.5 Å². The van der Waals surface area contributed by atoms with Gasteiger partial charge in [0.05, 0.1) is 11.9 Å². The molecule has 7 nitrogen and oxygen atoms in total. The number of hydrogen-bond donors (Lipinski definition) is 3. The van der Waals surface area contributed by atoms with Gasteiger partial charge in [0.1, 0.15) is 23.6 Å². The van der Waals surface area contributed by atoms with Crippen LogP contribution in [0.3, 0.4) is 0 Å². The van der Waals surface area contributed by atoms with Crippen molar-refractivity contribution in [2.75, 3.05) is 29.9 Å². The monoisotopic (exact) mass is 402 g/mol. The summed E-state index contributed by atoms with van der Waals surface area (Å²) in [4.78, 5) is 26.2. The Bertz CT molecular complexity index is 973. The van der Waals surface area contributed by atoms with Crippen LogP contribution in [0.2, 0.25) is 5.02 Å². The summed E-state index contributed by atoms with van der Waals surface area (Å²) in [6.07, 6.45) is 5.24. The number of piperidine rings is 1. The molecule has 1 aliphatic rings. The average Bonchev–Trinajstić information content (AvgIpc) is 3.15. The first-order valence-electron chi connectivity index (χ1n) is 9.11. The van der Waals surface area contributed by atoms with E-state index in [-0.39, 0.29) is 23.5 Å². The number of aromatic amines is 1. The van der Waals surface area contributed by atoms with Crippen LogP contribution in [0.25, 0.3) is 11.0 Å². The highest BCUT2D eigenvalue weighted by Crippen LogP contribution is 2.25. The van der Waals surface area contributed by atoms with Gasteiger partial charge < -0.3 is 20.5 Å². The van der Waals surface area contributed by atoms with E-state index in [0.29, 0.717) is 12.2 Å². The van der Waals surface area contributed by atoms with Crippen molar-refractivity contribution < 1.29 is 9.18 Å². The summed E-state index contributed by atoms with van der Waals surface area (Å²) >= 11 is 5.83. The maximum atomic E-state index is 13.4. The molecule has 1 atom stereocenters. The van der Waals surface area contributed by atoms with Crippen LogP contribution >= 0.6 is 11.6 Å². The summed E-state index contributed by atoms with van der Waals surface area (Å²) in [5.74, 6) is 0.277. The van der Waals surface area contributed by atoms with Gasteiger partial charge in [-0.3, -0.25) is 4.79 Å². The third kappa shape index (κ3) is 4.17. The van der Waals surface area contributed by atoms with E-state index in [4.69, 9.17) is 11.6 Å². The third-order valence-corrected chi connectivity index (χ3v) is 4.95. The van der Waals surface area contributed by atoms with Crippen molar-refractivity contribution in [3.05, 3.63) is 47.6 Å². The molecule has 3 heterocycles. The highest BCUT2D eigenvalue weighted by Gasteiger charge is 2.23. The standard InChI is InChI=1S/C19H20ClFN6O/c20-12-6-13(21)8-15(7-12)23-9-17(28)26-14-2-1-5-27(10-14)19-16-3-4-22-18(16)24-11-25-19/h3-4,6-8,11,14,23H,1-2,5,9-10H2,(H,26,28)(H,22,24,25)/t14-/m0/s1. The molecule has 1 amide bonds. The zero-order valence-corrected chi connectivity index (χ0v) is 15.8. The second-order valence-electron chi connectivity index (χ2n) is 6.80. The lowest BCUT2D eigenvalue weighted by molar-refractivity contribution is -0.120. The quantitative estimate of drug-likeness (QED) is 0.611. The van der Waals surface area contributed by atoms with Gasteiger partial charge in [-0.05, 0) is 37.1 Å². The van der Waals surface area contributed by atoms with Gasteiger partial charge >= 0.3 is 0 Å². The second-order valence-corrected chi connectivity index (χ2v) is 7.24. The molecule has 1 fully saturated rings. The van der Waals surface area contributed by atoms with Crippen LogP contribution in [0.15, 0.2) is 36.8 Å². The van der Waals surface area contributed by atoms with Crippen LogP contribution in [0, 0.1) is 5.82 Å². The SMILES string of the molecule is O=C(CNc1cc(F)cc(Cl)c1)N[C@H]1CCCN(c2ncnc3[nH]ccc23)C1. The van der Waals surface area contributed by atoms with Crippen LogP contribution in [0.4, 0.5) is 15.9 Å². The normalized spacial score (nSPS) is 16.9. The zero-order chi connectivity index (χ0) is 19.5. The Kier molecular flexibility index (Phi) is 5.29. The predicted molar refractivity (Wildman–Crippen MR) is 107 cm³/mol. The van der Waals surface area contributed by atoms with Crippen molar-refractivity contribution in [3.8, 4) is 0 Å². The lowest BCUT2D eigenvalue weighted by Gasteiger charge is -2.34. The van der Waals surface area contributed by atoms with Crippen molar-refractivity contribution in [2.24, 2.45) is 0 Å². The number of anilines is 2. The summed E-state index contributed by atoms with van der Waals surface area (Å²) < 4.78 is 13.4. The Morgan fingerprint density at radius 3 is 3.11 bits per heavy atom. The molecule has 0 radical (unpaired) electrons. The number of carbonyl (C=O) groups excluding carboxylic acids is 1. The fourth-order valence-electron chi connectivity index (χ4n) is 3.51. The second kappa shape index (κ2) is 8.02. The van der Waals surface area contributed by atoms with E-state index in [9.17, 15) is 9.18 Å². The number of fused-ring (bicyclic) bond motifs is 1. The maximum absolute atomic E-state index is 13.4. The minimum Gasteiger partial charge on any atom is -0.376 e.